The van der Waals surface area contributed by atoms with Crippen LogP contribution in [-0.4, -0.2) is 18.2 Å². The zero-order chi connectivity index (χ0) is 18.4. The number of methoxy groups -OCH3 is 1. The number of halogens is 1. The van der Waals surface area contributed by atoms with Crippen LogP contribution in [0.2, 0.25) is 0 Å². The van der Waals surface area contributed by atoms with Gasteiger partial charge in [0.05, 0.1) is 7.11 Å². The number of benzene rings is 2. The number of carbonyl (C=O) groups is 1. The van der Waals surface area contributed by atoms with Gasteiger partial charge in [-0.05, 0) is 24.6 Å². The highest BCUT2D eigenvalue weighted by Crippen LogP contribution is 2.24. The third-order valence-electron chi connectivity index (χ3n) is 4.03. The second kappa shape index (κ2) is 8.29. The van der Waals surface area contributed by atoms with E-state index in [2.05, 4.69) is 10.5 Å². The van der Waals surface area contributed by atoms with Crippen molar-refractivity contribution >= 4 is 5.91 Å². The van der Waals surface area contributed by atoms with E-state index in [9.17, 15) is 9.18 Å². The fourth-order valence-corrected chi connectivity index (χ4v) is 2.69. The van der Waals surface area contributed by atoms with Crippen molar-refractivity contribution in [3.8, 4) is 17.0 Å². The molecule has 0 atom stereocenters. The summed E-state index contributed by atoms with van der Waals surface area (Å²) in [4.78, 5) is 12.2. The van der Waals surface area contributed by atoms with E-state index >= 15 is 0 Å². The standard InChI is InChI=1S/C20H19FN2O3/c1-25-18-8-3-2-5-15(18)12-22-19(24)10-9-16-13-26-23-20(16)14-6-4-7-17(21)11-14/h2-8,11,13H,9-10,12H2,1H3,(H,22,24). The van der Waals surface area contributed by atoms with Crippen molar-refractivity contribution in [2.75, 3.05) is 7.11 Å². The van der Waals surface area contributed by atoms with Gasteiger partial charge in [-0.25, -0.2) is 4.39 Å². The van der Waals surface area contributed by atoms with E-state index in [0.29, 0.717) is 24.2 Å². The Morgan fingerprint density at radius 1 is 1.19 bits per heavy atom. The largest absolute Gasteiger partial charge is 0.496 e. The van der Waals surface area contributed by atoms with E-state index in [-0.39, 0.29) is 18.1 Å². The SMILES string of the molecule is COc1ccccc1CNC(=O)CCc1conc1-c1cccc(F)c1. The van der Waals surface area contributed by atoms with Gasteiger partial charge in [0.25, 0.3) is 0 Å². The fraction of sp³-hybridized carbons (Fsp3) is 0.200. The zero-order valence-electron chi connectivity index (χ0n) is 14.4. The lowest BCUT2D eigenvalue weighted by Gasteiger charge is -2.09. The average molecular weight is 354 g/mol. The summed E-state index contributed by atoms with van der Waals surface area (Å²) < 4.78 is 23.7. The van der Waals surface area contributed by atoms with Gasteiger partial charge in [0, 0.05) is 29.7 Å². The van der Waals surface area contributed by atoms with E-state index in [1.165, 1.54) is 18.4 Å². The molecule has 0 aliphatic rings. The van der Waals surface area contributed by atoms with E-state index in [1.807, 2.05) is 24.3 Å². The maximum Gasteiger partial charge on any atom is 0.220 e. The molecule has 0 saturated heterocycles. The molecular formula is C20H19FN2O3. The number of nitrogens with one attached hydrogen (secondary N) is 1. The van der Waals surface area contributed by atoms with Crippen molar-refractivity contribution in [1.82, 2.24) is 10.5 Å². The number of amides is 1. The van der Waals surface area contributed by atoms with Crippen LogP contribution < -0.4 is 10.1 Å². The van der Waals surface area contributed by atoms with Crippen LogP contribution in [0, 0.1) is 5.82 Å². The van der Waals surface area contributed by atoms with Gasteiger partial charge in [0.15, 0.2) is 0 Å². The molecule has 2 aromatic carbocycles. The molecule has 26 heavy (non-hydrogen) atoms. The molecule has 0 spiro atoms. The molecule has 0 saturated carbocycles. The van der Waals surface area contributed by atoms with Crippen LogP contribution in [0.4, 0.5) is 4.39 Å². The van der Waals surface area contributed by atoms with Gasteiger partial charge >= 0.3 is 0 Å². The number of aryl methyl sites for hydroxylation is 1. The first kappa shape index (κ1) is 17.7. The quantitative estimate of drug-likeness (QED) is 0.702. The van der Waals surface area contributed by atoms with E-state index < -0.39 is 0 Å². The molecule has 6 heteroatoms. The number of rotatable bonds is 7. The first-order chi connectivity index (χ1) is 12.7. The third kappa shape index (κ3) is 4.27. The molecular weight excluding hydrogens is 335 g/mol. The lowest BCUT2D eigenvalue weighted by atomic mass is 10.0. The van der Waals surface area contributed by atoms with E-state index in [1.54, 1.807) is 19.2 Å². The number of hydrogen-bond acceptors (Lipinski definition) is 4. The molecule has 0 bridgehead atoms. The van der Waals surface area contributed by atoms with Gasteiger partial charge < -0.3 is 14.6 Å². The highest BCUT2D eigenvalue weighted by atomic mass is 19.1. The fourth-order valence-electron chi connectivity index (χ4n) is 2.69. The molecule has 1 heterocycles. The van der Waals surface area contributed by atoms with Crippen molar-refractivity contribution < 1.29 is 18.4 Å². The predicted octanol–water partition coefficient (Wildman–Crippen LogP) is 3.74. The zero-order valence-corrected chi connectivity index (χ0v) is 14.4. The highest BCUT2D eigenvalue weighted by Gasteiger charge is 2.13. The van der Waals surface area contributed by atoms with Gasteiger partial charge in [0.2, 0.25) is 5.91 Å². The van der Waals surface area contributed by atoms with Crippen LogP contribution in [0.25, 0.3) is 11.3 Å². The Morgan fingerprint density at radius 2 is 2.04 bits per heavy atom. The number of hydrogen-bond donors (Lipinski definition) is 1. The second-order valence-corrected chi connectivity index (χ2v) is 5.79. The molecule has 134 valence electrons. The van der Waals surface area contributed by atoms with Crippen LogP contribution in [0.1, 0.15) is 17.5 Å². The van der Waals surface area contributed by atoms with E-state index in [4.69, 9.17) is 9.26 Å². The summed E-state index contributed by atoms with van der Waals surface area (Å²) in [5, 5.41) is 6.81. The number of para-hydroxylation sites is 1. The van der Waals surface area contributed by atoms with Gasteiger partial charge in [-0.2, -0.15) is 0 Å². The maximum atomic E-state index is 13.4. The molecule has 3 rings (SSSR count). The summed E-state index contributed by atoms with van der Waals surface area (Å²) in [5.41, 5.74) is 2.86. The summed E-state index contributed by atoms with van der Waals surface area (Å²) in [6.45, 7) is 0.392. The normalized spacial score (nSPS) is 10.5. The van der Waals surface area contributed by atoms with Gasteiger partial charge in [-0.1, -0.05) is 35.5 Å². The topological polar surface area (TPSA) is 64.4 Å². The molecule has 1 amide bonds. The molecule has 0 aliphatic carbocycles. The summed E-state index contributed by atoms with van der Waals surface area (Å²) in [6, 6.07) is 13.7. The van der Waals surface area contributed by atoms with Gasteiger partial charge in [-0.3, -0.25) is 4.79 Å². The highest BCUT2D eigenvalue weighted by molar-refractivity contribution is 5.76. The second-order valence-electron chi connectivity index (χ2n) is 5.79. The summed E-state index contributed by atoms with van der Waals surface area (Å²) in [6.07, 6.45) is 2.22. The van der Waals surface area contributed by atoms with Crippen molar-refractivity contribution in [3.63, 3.8) is 0 Å². The number of carbonyl (C=O) groups excluding carboxylic acids is 1. The lowest BCUT2D eigenvalue weighted by molar-refractivity contribution is -0.121. The van der Waals surface area contributed by atoms with Crippen molar-refractivity contribution in [3.05, 3.63) is 71.7 Å². The van der Waals surface area contributed by atoms with Gasteiger partial charge in [-0.15, -0.1) is 0 Å². The van der Waals surface area contributed by atoms with Crippen molar-refractivity contribution in [2.24, 2.45) is 0 Å². The Bertz CT molecular complexity index is 892. The molecule has 3 aromatic rings. The van der Waals surface area contributed by atoms with Crippen LogP contribution in [0.15, 0.2) is 59.3 Å². The number of nitrogens with zero attached hydrogens (tertiary/aromatic N) is 1. The van der Waals surface area contributed by atoms with Crippen molar-refractivity contribution in [1.29, 1.82) is 0 Å². The smallest absolute Gasteiger partial charge is 0.220 e. The Balaban J connectivity index is 1.58. The Labute approximate surface area is 150 Å². The molecule has 0 unspecified atom stereocenters. The molecule has 5 nitrogen and oxygen atoms in total. The molecule has 0 radical (unpaired) electrons. The Morgan fingerprint density at radius 3 is 2.85 bits per heavy atom. The molecule has 0 fully saturated rings. The minimum absolute atomic E-state index is 0.0951. The number of ether oxygens (including phenoxy) is 1. The first-order valence-corrected chi connectivity index (χ1v) is 8.25. The minimum Gasteiger partial charge on any atom is -0.496 e. The number of aromatic nitrogens is 1. The maximum absolute atomic E-state index is 13.4. The molecule has 0 aliphatic heterocycles. The molecule has 1 aromatic heterocycles. The van der Waals surface area contributed by atoms with Crippen LogP contribution in [0.5, 0.6) is 5.75 Å². The minimum atomic E-state index is -0.342. The summed E-state index contributed by atoms with van der Waals surface area (Å²) in [5.74, 6) is 0.300. The van der Waals surface area contributed by atoms with Crippen LogP contribution in [0.3, 0.4) is 0 Å². The first-order valence-electron chi connectivity index (χ1n) is 8.25. The lowest BCUT2D eigenvalue weighted by Crippen LogP contribution is -2.23. The predicted molar refractivity (Wildman–Crippen MR) is 95.1 cm³/mol. The summed E-state index contributed by atoms with van der Waals surface area (Å²) in [7, 11) is 1.60. The Kier molecular flexibility index (Phi) is 5.63. The third-order valence-corrected chi connectivity index (χ3v) is 4.03. The van der Waals surface area contributed by atoms with E-state index in [0.717, 1.165) is 16.9 Å². The molecule has 1 N–H and O–H groups in total. The van der Waals surface area contributed by atoms with Gasteiger partial charge in [0.1, 0.15) is 23.5 Å². The monoisotopic (exact) mass is 354 g/mol. The van der Waals surface area contributed by atoms with Crippen LogP contribution >= 0.6 is 0 Å². The Hall–Kier alpha value is -3.15. The van der Waals surface area contributed by atoms with Crippen LogP contribution in [-0.2, 0) is 17.8 Å². The average Bonchev–Trinajstić information content (AvgIpc) is 3.13. The van der Waals surface area contributed by atoms with Crippen molar-refractivity contribution in [2.45, 2.75) is 19.4 Å². The summed E-state index contributed by atoms with van der Waals surface area (Å²) >= 11 is 0.